The molecule has 0 aliphatic carbocycles. The average molecular weight is 211 g/mol. The van der Waals surface area contributed by atoms with Crippen LogP contribution in [0.15, 0.2) is 22.8 Å². The van der Waals surface area contributed by atoms with Crippen LogP contribution >= 0.6 is 0 Å². The van der Waals surface area contributed by atoms with Crippen LogP contribution in [-0.2, 0) is 11.3 Å². The van der Waals surface area contributed by atoms with E-state index in [9.17, 15) is 4.79 Å². The Labute approximate surface area is 89.5 Å². The van der Waals surface area contributed by atoms with E-state index in [4.69, 9.17) is 9.52 Å². The largest absolute Gasteiger partial charge is 0.481 e. The van der Waals surface area contributed by atoms with E-state index in [-0.39, 0.29) is 6.42 Å². The molecule has 0 spiro atoms. The number of carbonyl (C=O) groups is 1. The van der Waals surface area contributed by atoms with E-state index in [1.165, 1.54) is 0 Å². The molecule has 0 bridgehead atoms. The maximum absolute atomic E-state index is 10.5. The number of carboxylic acids is 1. The molecule has 4 nitrogen and oxygen atoms in total. The maximum Gasteiger partial charge on any atom is 0.304 e. The highest BCUT2D eigenvalue weighted by molar-refractivity contribution is 5.66. The van der Waals surface area contributed by atoms with Gasteiger partial charge in [0, 0.05) is 6.54 Å². The van der Waals surface area contributed by atoms with Crippen LogP contribution in [-0.4, -0.2) is 29.1 Å². The van der Waals surface area contributed by atoms with Gasteiger partial charge in [-0.1, -0.05) is 6.92 Å². The lowest BCUT2D eigenvalue weighted by atomic mass is 10.3. The molecule has 0 saturated carbocycles. The summed E-state index contributed by atoms with van der Waals surface area (Å²) in [6.07, 6.45) is 2.83. The zero-order chi connectivity index (χ0) is 11.1. The quantitative estimate of drug-likeness (QED) is 0.749. The molecule has 84 valence electrons. The highest BCUT2D eigenvalue weighted by Gasteiger charge is 2.08. The van der Waals surface area contributed by atoms with Gasteiger partial charge in [0.15, 0.2) is 0 Å². The summed E-state index contributed by atoms with van der Waals surface area (Å²) in [4.78, 5) is 12.6. The molecular formula is C11H17NO3. The van der Waals surface area contributed by atoms with E-state index < -0.39 is 5.97 Å². The molecule has 1 N–H and O–H groups in total. The first kappa shape index (κ1) is 11.8. The second kappa shape index (κ2) is 6.24. The molecule has 0 aliphatic heterocycles. The van der Waals surface area contributed by atoms with Crippen molar-refractivity contribution in [1.29, 1.82) is 0 Å². The third kappa shape index (κ3) is 4.65. The number of furan rings is 1. The normalized spacial score (nSPS) is 10.8. The molecule has 1 rings (SSSR count). The minimum Gasteiger partial charge on any atom is -0.481 e. The smallest absolute Gasteiger partial charge is 0.304 e. The van der Waals surface area contributed by atoms with Crippen molar-refractivity contribution < 1.29 is 14.3 Å². The van der Waals surface area contributed by atoms with Crippen molar-refractivity contribution in [3.63, 3.8) is 0 Å². The summed E-state index contributed by atoms with van der Waals surface area (Å²) in [5, 5.41) is 8.61. The van der Waals surface area contributed by atoms with Gasteiger partial charge in [0.2, 0.25) is 0 Å². The topological polar surface area (TPSA) is 53.7 Å². The lowest BCUT2D eigenvalue weighted by Crippen LogP contribution is -2.26. The fourth-order valence-electron chi connectivity index (χ4n) is 1.46. The molecule has 0 fully saturated rings. The average Bonchev–Trinajstić information content (AvgIpc) is 2.67. The fourth-order valence-corrected chi connectivity index (χ4v) is 1.46. The van der Waals surface area contributed by atoms with Gasteiger partial charge in [0.05, 0.1) is 19.2 Å². The zero-order valence-electron chi connectivity index (χ0n) is 8.98. The predicted octanol–water partition coefficient (Wildman–Crippen LogP) is 1.97. The first-order valence-corrected chi connectivity index (χ1v) is 5.19. The molecule has 0 amide bonds. The van der Waals surface area contributed by atoms with Crippen LogP contribution in [0.25, 0.3) is 0 Å². The Morgan fingerprint density at radius 2 is 2.33 bits per heavy atom. The maximum atomic E-state index is 10.5. The van der Waals surface area contributed by atoms with Crippen LogP contribution in [0.4, 0.5) is 0 Å². The third-order valence-corrected chi connectivity index (χ3v) is 2.14. The molecule has 4 heteroatoms. The Morgan fingerprint density at radius 1 is 1.53 bits per heavy atom. The Kier molecular flexibility index (Phi) is 4.90. The third-order valence-electron chi connectivity index (χ3n) is 2.14. The van der Waals surface area contributed by atoms with Crippen LogP contribution < -0.4 is 0 Å². The molecule has 0 aromatic carbocycles. The summed E-state index contributed by atoms with van der Waals surface area (Å²) in [7, 11) is 0. The number of nitrogens with zero attached hydrogens (tertiary/aromatic N) is 1. The molecule has 0 radical (unpaired) electrons. The van der Waals surface area contributed by atoms with Crippen LogP contribution in [0.3, 0.4) is 0 Å². The molecule has 1 aromatic heterocycles. The molecule has 0 saturated heterocycles. The Morgan fingerprint density at radius 3 is 2.87 bits per heavy atom. The summed E-state index contributed by atoms with van der Waals surface area (Å²) in [5.74, 6) is 0.129. The van der Waals surface area contributed by atoms with Gasteiger partial charge in [0.1, 0.15) is 5.76 Å². The van der Waals surface area contributed by atoms with Crippen LogP contribution in [0.2, 0.25) is 0 Å². The van der Waals surface area contributed by atoms with Gasteiger partial charge in [0.25, 0.3) is 0 Å². The zero-order valence-corrected chi connectivity index (χ0v) is 8.98. The summed E-state index contributed by atoms with van der Waals surface area (Å²) in [5.41, 5.74) is 0. The number of hydrogen-bond acceptors (Lipinski definition) is 3. The summed E-state index contributed by atoms with van der Waals surface area (Å²) in [6.45, 7) is 4.24. The molecule has 0 atom stereocenters. The highest BCUT2D eigenvalue weighted by atomic mass is 16.4. The molecule has 1 aromatic rings. The van der Waals surface area contributed by atoms with E-state index >= 15 is 0 Å². The highest BCUT2D eigenvalue weighted by Crippen LogP contribution is 2.06. The molecule has 15 heavy (non-hydrogen) atoms. The number of carboxylic acid groups (broad SMARTS) is 1. The van der Waals surface area contributed by atoms with Crippen molar-refractivity contribution in [3.8, 4) is 0 Å². The predicted molar refractivity (Wildman–Crippen MR) is 56.5 cm³/mol. The van der Waals surface area contributed by atoms with Crippen molar-refractivity contribution in [3.05, 3.63) is 24.2 Å². The molecule has 1 heterocycles. The van der Waals surface area contributed by atoms with E-state index in [1.54, 1.807) is 6.26 Å². The van der Waals surface area contributed by atoms with Gasteiger partial charge < -0.3 is 9.52 Å². The van der Waals surface area contributed by atoms with E-state index in [0.717, 1.165) is 18.7 Å². The summed E-state index contributed by atoms with van der Waals surface area (Å²) >= 11 is 0. The molecule has 0 unspecified atom stereocenters. The monoisotopic (exact) mass is 211 g/mol. The minimum atomic E-state index is -0.754. The number of aliphatic carboxylic acids is 1. The first-order chi connectivity index (χ1) is 7.22. The summed E-state index contributed by atoms with van der Waals surface area (Å²) in [6, 6.07) is 3.75. The van der Waals surface area contributed by atoms with E-state index in [2.05, 4.69) is 11.8 Å². The van der Waals surface area contributed by atoms with Gasteiger partial charge in [-0.15, -0.1) is 0 Å². The minimum absolute atomic E-state index is 0.181. The van der Waals surface area contributed by atoms with Crippen molar-refractivity contribution in [1.82, 2.24) is 4.90 Å². The van der Waals surface area contributed by atoms with Crippen molar-refractivity contribution in [2.75, 3.05) is 13.1 Å². The van der Waals surface area contributed by atoms with Gasteiger partial charge in [-0.2, -0.15) is 0 Å². The summed E-state index contributed by atoms with van der Waals surface area (Å²) < 4.78 is 5.23. The lowest BCUT2D eigenvalue weighted by molar-refractivity contribution is -0.137. The van der Waals surface area contributed by atoms with Crippen LogP contribution in [0, 0.1) is 0 Å². The van der Waals surface area contributed by atoms with E-state index in [0.29, 0.717) is 13.1 Å². The standard InChI is InChI=1S/C11H17NO3/c1-2-6-12(7-5-11(13)14)9-10-4-3-8-15-10/h3-4,8H,2,5-7,9H2,1H3,(H,13,14). The molecular weight excluding hydrogens is 194 g/mol. The Balaban J connectivity index is 2.39. The van der Waals surface area contributed by atoms with Gasteiger partial charge in [-0.05, 0) is 25.1 Å². The SMILES string of the molecule is CCCN(CCC(=O)O)Cc1ccco1. The lowest BCUT2D eigenvalue weighted by Gasteiger charge is -2.19. The number of rotatable bonds is 7. The molecule has 0 aliphatic rings. The van der Waals surface area contributed by atoms with Crippen molar-refractivity contribution in [2.45, 2.75) is 26.3 Å². The van der Waals surface area contributed by atoms with Crippen LogP contribution in [0.1, 0.15) is 25.5 Å². The van der Waals surface area contributed by atoms with Gasteiger partial charge >= 0.3 is 5.97 Å². The second-order valence-electron chi connectivity index (χ2n) is 3.50. The fraction of sp³-hybridized carbons (Fsp3) is 0.545. The number of hydrogen-bond donors (Lipinski definition) is 1. The van der Waals surface area contributed by atoms with Gasteiger partial charge in [-0.3, -0.25) is 9.69 Å². The Bertz CT molecular complexity index is 282. The van der Waals surface area contributed by atoms with Crippen molar-refractivity contribution >= 4 is 5.97 Å². The van der Waals surface area contributed by atoms with Crippen LogP contribution in [0.5, 0.6) is 0 Å². The first-order valence-electron chi connectivity index (χ1n) is 5.19. The van der Waals surface area contributed by atoms with Gasteiger partial charge in [-0.25, -0.2) is 0 Å². The van der Waals surface area contributed by atoms with Crippen molar-refractivity contribution in [2.24, 2.45) is 0 Å². The Hall–Kier alpha value is -1.29. The second-order valence-corrected chi connectivity index (χ2v) is 3.50. The van der Waals surface area contributed by atoms with E-state index in [1.807, 2.05) is 12.1 Å².